The third kappa shape index (κ3) is 1.99. The van der Waals surface area contributed by atoms with Crippen molar-refractivity contribution in [2.45, 2.75) is 6.54 Å². The largest absolute Gasteiger partial charge is 0.472 e. The highest BCUT2D eigenvalue weighted by Gasteiger charge is 2.11. The average molecular weight is 307 g/mol. The van der Waals surface area contributed by atoms with Gasteiger partial charge in [0.2, 0.25) is 0 Å². The Labute approximate surface area is 112 Å². The average Bonchev–Trinajstić information content (AvgIpc) is 2.97. The number of imidazole rings is 1. The first-order chi connectivity index (χ1) is 8.74. The van der Waals surface area contributed by atoms with Crippen LogP contribution in [0.5, 0.6) is 0 Å². The van der Waals surface area contributed by atoms with E-state index in [-0.39, 0.29) is 0 Å². The summed E-state index contributed by atoms with van der Waals surface area (Å²) in [7, 11) is 1.98. The molecule has 3 aromatic rings. The van der Waals surface area contributed by atoms with Crippen LogP contribution in [-0.2, 0) is 6.54 Å². The molecule has 0 amide bonds. The summed E-state index contributed by atoms with van der Waals surface area (Å²) in [5.74, 6) is 0.829. The van der Waals surface area contributed by atoms with Crippen LogP contribution in [0.4, 0.5) is 5.82 Å². The molecule has 0 fully saturated rings. The van der Waals surface area contributed by atoms with Gasteiger partial charge in [-0.05, 0) is 22.0 Å². The summed E-state index contributed by atoms with van der Waals surface area (Å²) < 4.78 is 7.79. The van der Waals surface area contributed by atoms with E-state index < -0.39 is 0 Å². The Morgan fingerprint density at radius 1 is 1.50 bits per heavy atom. The zero-order valence-corrected chi connectivity index (χ0v) is 11.3. The molecule has 0 saturated heterocycles. The van der Waals surface area contributed by atoms with E-state index in [1.54, 1.807) is 18.7 Å². The third-order valence-corrected chi connectivity index (χ3v) is 3.07. The van der Waals surface area contributed by atoms with Crippen molar-refractivity contribution < 1.29 is 4.42 Å². The van der Waals surface area contributed by atoms with Gasteiger partial charge in [0.05, 0.1) is 12.5 Å². The number of rotatable bonds is 3. The van der Waals surface area contributed by atoms with E-state index in [0.29, 0.717) is 0 Å². The fourth-order valence-electron chi connectivity index (χ4n) is 1.87. The molecule has 5 nitrogen and oxygen atoms in total. The smallest absolute Gasteiger partial charge is 0.180 e. The van der Waals surface area contributed by atoms with Gasteiger partial charge in [-0.25, -0.2) is 9.97 Å². The zero-order chi connectivity index (χ0) is 12.5. The van der Waals surface area contributed by atoms with Gasteiger partial charge >= 0.3 is 0 Å². The van der Waals surface area contributed by atoms with E-state index in [4.69, 9.17) is 4.42 Å². The summed E-state index contributed by atoms with van der Waals surface area (Å²) in [5, 5.41) is 0. The van der Waals surface area contributed by atoms with E-state index in [2.05, 4.69) is 25.9 Å². The SMILES string of the molecule is CN(Cc1ccoc1)c1nc(Br)cn2ccnc12. The molecule has 0 saturated carbocycles. The molecule has 0 aliphatic rings. The van der Waals surface area contributed by atoms with Gasteiger partial charge in [-0.3, -0.25) is 0 Å². The van der Waals surface area contributed by atoms with Gasteiger partial charge in [-0.1, -0.05) is 0 Å². The fourth-order valence-corrected chi connectivity index (χ4v) is 2.26. The maximum atomic E-state index is 5.07. The van der Waals surface area contributed by atoms with Gasteiger partial charge in [0.25, 0.3) is 0 Å². The Morgan fingerprint density at radius 2 is 2.39 bits per heavy atom. The second-order valence-corrected chi connectivity index (χ2v) is 4.85. The summed E-state index contributed by atoms with van der Waals surface area (Å²) in [6.07, 6.45) is 8.95. The van der Waals surface area contributed by atoms with Crippen molar-refractivity contribution in [3.8, 4) is 0 Å². The Bertz CT molecular complexity index is 662. The summed E-state index contributed by atoms with van der Waals surface area (Å²) in [5.41, 5.74) is 1.94. The molecule has 3 rings (SSSR count). The molecule has 0 aliphatic heterocycles. The minimum absolute atomic E-state index is 0.725. The summed E-state index contributed by atoms with van der Waals surface area (Å²) in [6, 6.07) is 1.94. The molecule has 0 spiro atoms. The van der Waals surface area contributed by atoms with E-state index in [0.717, 1.165) is 28.2 Å². The van der Waals surface area contributed by atoms with Crippen LogP contribution < -0.4 is 4.90 Å². The van der Waals surface area contributed by atoms with Gasteiger partial charge in [-0.15, -0.1) is 0 Å². The summed E-state index contributed by atoms with van der Waals surface area (Å²) in [6.45, 7) is 0.725. The van der Waals surface area contributed by atoms with Crippen LogP contribution in [0.25, 0.3) is 5.65 Å². The van der Waals surface area contributed by atoms with Crippen LogP contribution in [0.3, 0.4) is 0 Å². The highest BCUT2D eigenvalue weighted by Crippen LogP contribution is 2.21. The van der Waals surface area contributed by atoms with Crippen molar-refractivity contribution in [1.82, 2.24) is 14.4 Å². The first kappa shape index (κ1) is 11.3. The molecular weight excluding hydrogens is 296 g/mol. The quantitative estimate of drug-likeness (QED) is 0.746. The topological polar surface area (TPSA) is 46.6 Å². The highest BCUT2D eigenvalue weighted by atomic mass is 79.9. The summed E-state index contributed by atoms with van der Waals surface area (Å²) in [4.78, 5) is 10.8. The molecule has 3 aromatic heterocycles. The number of nitrogens with zero attached hydrogens (tertiary/aromatic N) is 4. The number of hydrogen-bond donors (Lipinski definition) is 0. The number of halogens is 1. The Hall–Kier alpha value is -1.82. The number of anilines is 1. The Kier molecular flexibility index (Phi) is 2.79. The van der Waals surface area contributed by atoms with Crippen LogP contribution in [0.15, 0.2) is 46.2 Å². The zero-order valence-electron chi connectivity index (χ0n) is 9.75. The van der Waals surface area contributed by atoms with E-state index in [1.807, 2.05) is 34.8 Å². The molecular formula is C12H11BrN4O. The lowest BCUT2D eigenvalue weighted by atomic mass is 10.3. The molecule has 0 unspecified atom stereocenters. The molecule has 0 atom stereocenters. The third-order valence-electron chi connectivity index (χ3n) is 2.69. The molecule has 3 heterocycles. The highest BCUT2D eigenvalue weighted by molar-refractivity contribution is 9.10. The molecule has 0 N–H and O–H groups in total. The Balaban J connectivity index is 2.00. The molecule has 0 bridgehead atoms. The molecule has 0 aliphatic carbocycles. The lowest BCUT2D eigenvalue weighted by Crippen LogP contribution is -2.18. The molecule has 0 radical (unpaired) electrons. The van der Waals surface area contributed by atoms with Crippen molar-refractivity contribution in [3.05, 3.63) is 47.3 Å². The lowest BCUT2D eigenvalue weighted by Gasteiger charge is -2.18. The fraction of sp³-hybridized carbons (Fsp3) is 0.167. The number of furan rings is 1. The number of hydrogen-bond acceptors (Lipinski definition) is 4. The minimum Gasteiger partial charge on any atom is -0.472 e. The van der Waals surface area contributed by atoms with Crippen molar-refractivity contribution in [3.63, 3.8) is 0 Å². The van der Waals surface area contributed by atoms with Gasteiger partial charge < -0.3 is 13.7 Å². The number of aromatic nitrogens is 3. The molecule has 18 heavy (non-hydrogen) atoms. The summed E-state index contributed by atoms with van der Waals surface area (Å²) >= 11 is 3.41. The first-order valence-electron chi connectivity index (χ1n) is 5.45. The van der Waals surface area contributed by atoms with Crippen molar-refractivity contribution in [1.29, 1.82) is 0 Å². The van der Waals surface area contributed by atoms with Crippen LogP contribution in [0.2, 0.25) is 0 Å². The van der Waals surface area contributed by atoms with Crippen LogP contribution in [-0.4, -0.2) is 21.4 Å². The maximum Gasteiger partial charge on any atom is 0.180 e. The second-order valence-electron chi connectivity index (χ2n) is 4.03. The van der Waals surface area contributed by atoms with Crippen molar-refractivity contribution in [2.24, 2.45) is 0 Å². The van der Waals surface area contributed by atoms with Gasteiger partial charge in [-0.2, -0.15) is 0 Å². The molecule has 0 aromatic carbocycles. The van der Waals surface area contributed by atoms with Crippen LogP contribution in [0, 0.1) is 0 Å². The van der Waals surface area contributed by atoms with Crippen LogP contribution >= 0.6 is 15.9 Å². The van der Waals surface area contributed by atoms with Gasteiger partial charge in [0.15, 0.2) is 11.5 Å². The predicted octanol–water partition coefficient (Wildman–Crippen LogP) is 2.72. The number of fused-ring (bicyclic) bond motifs is 1. The molecule has 6 heteroatoms. The van der Waals surface area contributed by atoms with Crippen molar-refractivity contribution in [2.75, 3.05) is 11.9 Å². The van der Waals surface area contributed by atoms with Gasteiger partial charge in [0, 0.05) is 37.7 Å². The van der Waals surface area contributed by atoms with E-state index in [1.165, 1.54) is 0 Å². The van der Waals surface area contributed by atoms with E-state index >= 15 is 0 Å². The first-order valence-corrected chi connectivity index (χ1v) is 6.25. The molecule has 92 valence electrons. The minimum atomic E-state index is 0.725. The normalized spacial score (nSPS) is 11.0. The van der Waals surface area contributed by atoms with Gasteiger partial charge in [0.1, 0.15) is 4.60 Å². The maximum absolute atomic E-state index is 5.07. The van der Waals surface area contributed by atoms with Crippen molar-refractivity contribution >= 4 is 27.4 Å². The van der Waals surface area contributed by atoms with E-state index in [9.17, 15) is 0 Å². The predicted molar refractivity (Wildman–Crippen MR) is 71.5 cm³/mol. The Morgan fingerprint density at radius 3 is 3.17 bits per heavy atom. The monoisotopic (exact) mass is 306 g/mol. The second kappa shape index (κ2) is 4.45. The van der Waals surface area contributed by atoms with Crippen LogP contribution in [0.1, 0.15) is 5.56 Å². The lowest BCUT2D eigenvalue weighted by molar-refractivity contribution is 0.563. The standard InChI is InChI=1S/C12H11BrN4O/c1-16(6-9-2-5-18-8-9)12-11-14-3-4-17(11)7-10(13)15-12/h2-5,7-8H,6H2,1H3.